The first-order valence-corrected chi connectivity index (χ1v) is 15.0. The number of hydrogen-bond donors (Lipinski definition) is 1. The maximum Gasteiger partial charge on any atom is 0.264 e. The van der Waals surface area contributed by atoms with Crippen LogP contribution in [-0.4, -0.2) is 58.5 Å². The summed E-state index contributed by atoms with van der Waals surface area (Å²) in [6.07, 6.45) is 1.72. The van der Waals surface area contributed by atoms with Crippen LogP contribution in [-0.2, 0) is 26.2 Å². The molecule has 0 aliphatic rings. The molecule has 9 nitrogen and oxygen atoms in total. The molecule has 220 valence electrons. The number of aryl methyl sites for hydroxylation is 1. The Morgan fingerprint density at radius 1 is 0.927 bits per heavy atom. The molecule has 0 unspecified atom stereocenters. The Morgan fingerprint density at radius 3 is 2.20 bits per heavy atom. The Morgan fingerprint density at radius 2 is 1.59 bits per heavy atom. The van der Waals surface area contributed by atoms with Gasteiger partial charge in [0.1, 0.15) is 24.1 Å². The first-order valence-electron chi connectivity index (χ1n) is 13.5. The molecule has 0 aromatic heterocycles. The van der Waals surface area contributed by atoms with Crippen LogP contribution < -0.4 is 19.1 Å². The number of anilines is 1. The second kappa shape index (κ2) is 14.5. The van der Waals surface area contributed by atoms with Crippen molar-refractivity contribution in [2.24, 2.45) is 0 Å². The van der Waals surface area contributed by atoms with Gasteiger partial charge in [0.2, 0.25) is 11.8 Å². The van der Waals surface area contributed by atoms with Crippen molar-refractivity contribution in [3.63, 3.8) is 0 Å². The van der Waals surface area contributed by atoms with Crippen LogP contribution in [0.2, 0.25) is 0 Å². The number of methoxy groups -OCH3 is 2. The van der Waals surface area contributed by atoms with Crippen LogP contribution in [0.25, 0.3) is 0 Å². The van der Waals surface area contributed by atoms with Crippen molar-refractivity contribution in [3.05, 3.63) is 83.9 Å². The van der Waals surface area contributed by atoms with Crippen molar-refractivity contribution in [2.45, 2.75) is 51.1 Å². The summed E-state index contributed by atoms with van der Waals surface area (Å²) >= 11 is 0. The van der Waals surface area contributed by atoms with Gasteiger partial charge in [-0.1, -0.05) is 49.2 Å². The van der Waals surface area contributed by atoms with Crippen molar-refractivity contribution in [1.29, 1.82) is 0 Å². The van der Waals surface area contributed by atoms with E-state index in [1.165, 1.54) is 24.1 Å². The average molecular weight is 582 g/mol. The molecule has 0 fully saturated rings. The van der Waals surface area contributed by atoms with Gasteiger partial charge in [0.15, 0.2) is 0 Å². The predicted molar refractivity (Wildman–Crippen MR) is 160 cm³/mol. The summed E-state index contributed by atoms with van der Waals surface area (Å²) in [4.78, 5) is 28.5. The van der Waals surface area contributed by atoms with Gasteiger partial charge in [0, 0.05) is 19.2 Å². The van der Waals surface area contributed by atoms with E-state index in [1.807, 2.05) is 26.0 Å². The van der Waals surface area contributed by atoms with E-state index in [2.05, 4.69) is 5.32 Å². The lowest BCUT2D eigenvalue weighted by atomic mass is 10.1. The largest absolute Gasteiger partial charge is 0.497 e. The molecule has 41 heavy (non-hydrogen) atoms. The van der Waals surface area contributed by atoms with E-state index in [1.54, 1.807) is 62.6 Å². The fourth-order valence-corrected chi connectivity index (χ4v) is 5.58. The number of sulfonamides is 1. The quantitative estimate of drug-likeness (QED) is 0.280. The van der Waals surface area contributed by atoms with Crippen molar-refractivity contribution >= 4 is 27.5 Å². The van der Waals surface area contributed by atoms with Crippen LogP contribution >= 0.6 is 0 Å². The lowest BCUT2D eigenvalue weighted by molar-refractivity contribution is -0.139. The van der Waals surface area contributed by atoms with Gasteiger partial charge in [-0.2, -0.15) is 0 Å². The maximum absolute atomic E-state index is 14.0. The van der Waals surface area contributed by atoms with Crippen LogP contribution in [0.3, 0.4) is 0 Å². The topological polar surface area (TPSA) is 105 Å². The second-order valence-electron chi connectivity index (χ2n) is 9.72. The molecular formula is C31H39N3O6S. The Kier molecular flexibility index (Phi) is 11.2. The first kappa shape index (κ1) is 31.5. The molecule has 0 aliphatic heterocycles. The van der Waals surface area contributed by atoms with Gasteiger partial charge in [-0.3, -0.25) is 13.9 Å². The van der Waals surface area contributed by atoms with E-state index < -0.39 is 28.5 Å². The third-order valence-electron chi connectivity index (χ3n) is 6.74. The highest BCUT2D eigenvalue weighted by Gasteiger charge is 2.32. The number of nitrogens with one attached hydrogen (secondary N) is 1. The van der Waals surface area contributed by atoms with Gasteiger partial charge in [0.25, 0.3) is 10.0 Å². The van der Waals surface area contributed by atoms with E-state index >= 15 is 0 Å². The molecule has 10 heteroatoms. The van der Waals surface area contributed by atoms with Crippen molar-refractivity contribution in [1.82, 2.24) is 10.2 Å². The number of carbonyl (C=O) groups excluding carboxylic acids is 2. The Balaban J connectivity index is 2.01. The molecule has 0 saturated carbocycles. The summed E-state index contributed by atoms with van der Waals surface area (Å²) in [6, 6.07) is 19.3. The minimum absolute atomic E-state index is 0.0470. The number of carbonyl (C=O) groups is 2. The van der Waals surface area contributed by atoms with Crippen LogP contribution in [0.15, 0.2) is 77.7 Å². The summed E-state index contributed by atoms with van der Waals surface area (Å²) < 4.78 is 39.5. The van der Waals surface area contributed by atoms with Crippen LogP contribution in [0.4, 0.5) is 5.69 Å². The Labute approximate surface area is 243 Å². The van der Waals surface area contributed by atoms with E-state index in [0.717, 1.165) is 28.3 Å². The second-order valence-corrected chi connectivity index (χ2v) is 11.6. The molecule has 0 radical (unpaired) electrons. The van der Waals surface area contributed by atoms with E-state index in [-0.39, 0.29) is 23.0 Å². The predicted octanol–water partition coefficient (Wildman–Crippen LogP) is 4.54. The monoisotopic (exact) mass is 581 g/mol. The van der Waals surface area contributed by atoms with Crippen LogP contribution in [0.5, 0.6) is 11.5 Å². The first-order chi connectivity index (χ1) is 19.6. The summed E-state index contributed by atoms with van der Waals surface area (Å²) in [5.74, 6) is 0.260. The van der Waals surface area contributed by atoms with Gasteiger partial charge in [0.05, 0.1) is 24.8 Å². The zero-order chi connectivity index (χ0) is 30.0. The van der Waals surface area contributed by atoms with Crippen molar-refractivity contribution < 1.29 is 27.5 Å². The molecule has 1 N–H and O–H groups in total. The fourth-order valence-electron chi connectivity index (χ4n) is 4.18. The molecule has 0 aliphatic carbocycles. The molecular weight excluding hydrogens is 542 g/mol. The average Bonchev–Trinajstić information content (AvgIpc) is 2.98. The number of rotatable bonds is 14. The molecule has 3 aromatic rings. The molecule has 3 rings (SSSR count). The number of unbranched alkanes of at least 4 members (excludes halogenated alkanes) is 1. The number of ether oxygens (including phenoxy) is 2. The SMILES string of the molecule is CCCCNC(=O)[C@@H](C)N(Cc1ccc(OC)cc1)C(=O)CN(c1cccc(OC)c1)S(=O)(=O)c1ccc(C)cc1. The summed E-state index contributed by atoms with van der Waals surface area (Å²) in [5.41, 5.74) is 1.94. The standard InChI is InChI=1S/C31H39N3O6S/c1-6-7-19-32-31(36)24(3)33(21-25-13-15-27(39-4)16-14-25)30(35)22-34(26-9-8-10-28(20-26)40-5)41(37,38)29-17-11-23(2)12-18-29/h8-18,20,24H,6-7,19,21-22H2,1-5H3,(H,32,36)/t24-/m1/s1. The maximum atomic E-state index is 14.0. The third kappa shape index (κ3) is 8.23. The summed E-state index contributed by atoms with van der Waals surface area (Å²) in [7, 11) is -1.11. The normalized spacial score (nSPS) is 11.8. The minimum atomic E-state index is -4.16. The minimum Gasteiger partial charge on any atom is -0.497 e. The van der Waals surface area contributed by atoms with Gasteiger partial charge in [-0.05, 0) is 62.2 Å². The Bertz CT molecular complexity index is 1410. The van der Waals surface area contributed by atoms with Gasteiger partial charge in [-0.15, -0.1) is 0 Å². The molecule has 3 aromatic carbocycles. The molecule has 0 saturated heterocycles. The van der Waals surface area contributed by atoms with E-state index in [4.69, 9.17) is 9.47 Å². The number of amides is 2. The zero-order valence-electron chi connectivity index (χ0n) is 24.3. The highest BCUT2D eigenvalue weighted by Crippen LogP contribution is 2.28. The summed E-state index contributed by atoms with van der Waals surface area (Å²) in [6.45, 7) is 5.60. The summed E-state index contributed by atoms with van der Waals surface area (Å²) in [5, 5.41) is 2.88. The highest BCUT2D eigenvalue weighted by atomic mass is 32.2. The lowest BCUT2D eigenvalue weighted by Gasteiger charge is -2.32. The number of hydrogen-bond acceptors (Lipinski definition) is 6. The fraction of sp³-hybridized carbons (Fsp3) is 0.355. The Hall–Kier alpha value is -4.05. The number of nitrogens with zero attached hydrogens (tertiary/aromatic N) is 2. The molecule has 2 amide bonds. The molecule has 0 spiro atoms. The van der Waals surface area contributed by atoms with E-state index in [0.29, 0.717) is 18.0 Å². The lowest BCUT2D eigenvalue weighted by Crippen LogP contribution is -2.51. The van der Waals surface area contributed by atoms with Crippen molar-refractivity contribution in [3.8, 4) is 11.5 Å². The van der Waals surface area contributed by atoms with Gasteiger partial charge in [-0.25, -0.2) is 8.42 Å². The van der Waals surface area contributed by atoms with Crippen LogP contribution in [0, 0.1) is 6.92 Å². The smallest absolute Gasteiger partial charge is 0.264 e. The molecule has 1 atom stereocenters. The van der Waals surface area contributed by atoms with Crippen molar-refractivity contribution in [2.75, 3.05) is 31.6 Å². The number of benzene rings is 3. The van der Waals surface area contributed by atoms with Gasteiger partial charge < -0.3 is 19.7 Å². The third-order valence-corrected chi connectivity index (χ3v) is 8.53. The zero-order valence-corrected chi connectivity index (χ0v) is 25.1. The van der Waals surface area contributed by atoms with E-state index in [9.17, 15) is 18.0 Å². The van der Waals surface area contributed by atoms with Gasteiger partial charge >= 0.3 is 0 Å². The molecule has 0 bridgehead atoms. The van der Waals surface area contributed by atoms with Crippen LogP contribution in [0.1, 0.15) is 37.8 Å². The molecule has 0 heterocycles. The highest BCUT2D eigenvalue weighted by molar-refractivity contribution is 7.92.